The van der Waals surface area contributed by atoms with Crippen molar-refractivity contribution >= 4 is 22.6 Å². The molecule has 2 unspecified atom stereocenters. The SMILES string of the molecule is COCc1cccc(NC2=NC3CCCC3CS2)c1. The summed E-state index contributed by atoms with van der Waals surface area (Å²) in [5.41, 5.74) is 2.30. The Morgan fingerprint density at radius 3 is 3.26 bits per heavy atom. The van der Waals surface area contributed by atoms with Crippen molar-refractivity contribution in [2.24, 2.45) is 10.9 Å². The smallest absolute Gasteiger partial charge is 0.161 e. The Morgan fingerprint density at radius 2 is 2.37 bits per heavy atom. The van der Waals surface area contributed by atoms with Crippen molar-refractivity contribution in [2.45, 2.75) is 31.9 Å². The van der Waals surface area contributed by atoms with E-state index in [4.69, 9.17) is 9.73 Å². The molecule has 2 aliphatic rings. The molecular formula is C15H20N2OS. The molecule has 0 radical (unpaired) electrons. The molecule has 19 heavy (non-hydrogen) atoms. The van der Waals surface area contributed by atoms with Crippen molar-refractivity contribution in [2.75, 3.05) is 18.2 Å². The Bertz CT molecular complexity index is 475. The molecule has 1 fully saturated rings. The fraction of sp³-hybridized carbons (Fsp3) is 0.533. The Labute approximate surface area is 118 Å². The van der Waals surface area contributed by atoms with Gasteiger partial charge in [0.25, 0.3) is 0 Å². The number of benzene rings is 1. The highest BCUT2D eigenvalue weighted by atomic mass is 32.2. The van der Waals surface area contributed by atoms with E-state index in [1.807, 2.05) is 11.8 Å². The number of methoxy groups -OCH3 is 1. The van der Waals surface area contributed by atoms with Crippen molar-refractivity contribution in [3.63, 3.8) is 0 Å². The van der Waals surface area contributed by atoms with E-state index in [-0.39, 0.29) is 0 Å². The average Bonchev–Trinajstić information content (AvgIpc) is 2.87. The predicted octanol–water partition coefficient (Wildman–Crippen LogP) is 3.52. The quantitative estimate of drug-likeness (QED) is 0.917. The number of amidine groups is 1. The van der Waals surface area contributed by atoms with Crippen LogP contribution in [0.4, 0.5) is 5.69 Å². The number of thioether (sulfide) groups is 1. The van der Waals surface area contributed by atoms with Gasteiger partial charge in [-0.1, -0.05) is 30.3 Å². The van der Waals surface area contributed by atoms with Gasteiger partial charge in [-0.2, -0.15) is 0 Å². The van der Waals surface area contributed by atoms with Crippen LogP contribution in [0.3, 0.4) is 0 Å². The third-order valence-electron chi connectivity index (χ3n) is 3.83. The average molecular weight is 276 g/mol. The van der Waals surface area contributed by atoms with Crippen LogP contribution in [-0.4, -0.2) is 24.1 Å². The van der Waals surface area contributed by atoms with Crippen molar-refractivity contribution in [3.8, 4) is 0 Å². The molecule has 0 spiro atoms. The summed E-state index contributed by atoms with van der Waals surface area (Å²) >= 11 is 1.86. The Hall–Kier alpha value is -1.00. The number of aliphatic imine (C=N–C) groups is 1. The highest BCUT2D eigenvalue weighted by Crippen LogP contribution is 2.35. The van der Waals surface area contributed by atoms with Crippen LogP contribution in [-0.2, 0) is 11.3 Å². The zero-order valence-corrected chi connectivity index (χ0v) is 12.1. The molecule has 1 heterocycles. The fourth-order valence-electron chi connectivity index (χ4n) is 2.85. The summed E-state index contributed by atoms with van der Waals surface area (Å²) in [5, 5.41) is 4.53. The van der Waals surface area contributed by atoms with Gasteiger partial charge in [0.05, 0.1) is 12.6 Å². The van der Waals surface area contributed by atoms with E-state index < -0.39 is 0 Å². The Morgan fingerprint density at radius 1 is 1.42 bits per heavy atom. The van der Waals surface area contributed by atoms with Gasteiger partial charge in [-0.15, -0.1) is 0 Å². The molecular weight excluding hydrogens is 256 g/mol. The summed E-state index contributed by atoms with van der Waals surface area (Å²) in [7, 11) is 1.72. The van der Waals surface area contributed by atoms with Crippen LogP contribution >= 0.6 is 11.8 Å². The molecule has 3 nitrogen and oxygen atoms in total. The van der Waals surface area contributed by atoms with Crippen LogP contribution < -0.4 is 5.32 Å². The molecule has 1 aromatic rings. The molecule has 1 saturated carbocycles. The summed E-state index contributed by atoms with van der Waals surface area (Å²) in [5.74, 6) is 2.03. The molecule has 1 N–H and O–H groups in total. The lowest BCUT2D eigenvalue weighted by Gasteiger charge is -2.23. The summed E-state index contributed by atoms with van der Waals surface area (Å²) in [6, 6.07) is 8.92. The Kier molecular flexibility index (Phi) is 4.09. The molecule has 2 atom stereocenters. The van der Waals surface area contributed by atoms with E-state index in [0.29, 0.717) is 12.6 Å². The predicted molar refractivity (Wildman–Crippen MR) is 81.8 cm³/mol. The van der Waals surface area contributed by atoms with Crippen LogP contribution in [0, 0.1) is 5.92 Å². The molecule has 3 rings (SSSR count). The number of hydrogen-bond acceptors (Lipinski definition) is 4. The number of nitrogens with zero attached hydrogens (tertiary/aromatic N) is 1. The van der Waals surface area contributed by atoms with Gasteiger partial charge < -0.3 is 10.1 Å². The molecule has 1 aromatic carbocycles. The fourth-order valence-corrected chi connectivity index (χ4v) is 4.01. The van der Waals surface area contributed by atoms with Gasteiger partial charge in [0.1, 0.15) is 0 Å². The summed E-state index contributed by atoms with van der Waals surface area (Å²) in [6.45, 7) is 0.653. The monoisotopic (exact) mass is 276 g/mol. The van der Waals surface area contributed by atoms with E-state index in [2.05, 4.69) is 29.6 Å². The molecule has 1 aliphatic carbocycles. The van der Waals surface area contributed by atoms with Gasteiger partial charge in [0, 0.05) is 18.6 Å². The minimum absolute atomic E-state index is 0.561. The van der Waals surface area contributed by atoms with E-state index in [1.54, 1.807) is 7.11 Å². The second-order valence-electron chi connectivity index (χ2n) is 5.26. The normalized spacial score (nSPS) is 25.8. The first-order valence-corrected chi connectivity index (χ1v) is 7.89. The van der Waals surface area contributed by atoms with Gasteiger partial charge in [0.2, 0.25) is 0 Å². The first kappa shape index (κ1) is 13.0. The molecule has 0 aromatic heterocycles. The van der Waals surface area contributed by atoms with Gasteiger partial charge in [-0.25, -0.2) is 0 Å². The minimum atomic E-state index is 0.561. The van der Waals surface area contributed by atoms with E-state index in [1.165, 1.54) is 30.6 Å². The first-order valence-electron chi connectivity index (χ1n) is 6.90. The third kappa shape index (κ3) is 3.12. The first-order chi connectivity index (χ1) is 9.35. The van der Waals surface area contributed by atoms with E-state index in [0.717, 1.165) is 16.8 Å². The van der Waals surface area contributed by atoms with Crippen LogP contribution in [0.5, 0.6) is 0 Å². The zero-order chi connectivity index (χ0) is 13.1. The van der Waals surface area contributed by atoms with E-state index in [9.17, 15) is 0 Å². The maximum atomic E-state index is 5.17. The molecule has 0 bridgehead atoms. The van der Waals surface area contributed by atoms with Gasteiger partial charge in [-0.05, 0) is 36.5 Å². The highest BCUT2D eigenvalue weighted by molar-refractivity contribution is 8.14. The van der Waals surface area contributed by atoms with Gasteiger partial charge in [0.15, 0.2) is 5.17 Å². The maximum Gasteiger partial charge on any atom is 0.161 e. The molecule has 0 saturated heterocycles. The summed E-state index contributed by atoms with van der Waals surface area (Å²) < 4.78 is 5.17. The van der Waals surface area contributed by atoms with Crippen molar-refractivity contribution in [3.05, 3.63) is 29.8 Å². The molecule has 102 valence electrons. The summed E-state index contributed by atoms with van der Waals surface area (Å²) in [6.07, 6.45) is 3.97. The lowest BCUT2D eigenvalue weighted by Crippen LogP contribution is -2.25. The topological polar surface area (TPSA) is 33.6 Å². The molecule has 0 amide bonds. The number of anilines is 1. The van der Waals surface area contributed by atoms with Crippen LogP contribution in [0.25, 0.3) is 0 Å². The second-order valence-corrected chi connectivity index (χ2v) is 6.27. The highest BCUT2D eigenvalue weighted by Gasteiger charge is 2.30. The lowest BCUT2D eigenvalue weighted by atomic mass is 10.1. The third-order valence-corrected chi connectivity index (χ3v) is 4.90. The number of fused-ring (bicyclic) bond motifs is 1. The lowest BCUT2D eigenvalue weighted by molar-refractivity contribution is 0.185. The van der Waals surface area contributed by atoms with Gasteiger partial charge in [-0.3, -0.25) is 4.99 Å². The standard InChI is InChI=1S/C15H20N2OS/c1-18-9-11-4-2-6-13(8-11)16-15-17-14-7-3-5-12(14)10-19-15/h2,4,6,8,12,14H,3,5,7,9-10H2,1H3,(H,16,17). The van der Waals surface area contributed by atoms with Crippen molar-refractivity contribution < 1.29 is 4.74 Å². The van der Waals surface area contributed by atoms with E-state index >= 15 is 0 Å². The second kappa shape index (κ2) is 5.97. The summed E-state index contributed by atoms with van der Waals surface area (Å²) in [4.78, 5) is 4.85. The minimum Gasteiger partial charge on any atom is -0.380 e. The van der Waals surface area contributed by atoms with Crippen LogP contribution in [0.15, 0.2) is 29.3 Å². The Balaban J connectivity index is 1.69. The number of ether oxygens (including phenoxy) is 1. The number of rotatable bonds is 3. The van der Waals surface area contributed by atoms with Crippen LogP contribution in [0.1, 0.15) is 24.8 Å². The van der Waals surface area contributed by atoms with Crippen LogP contribution in [0.2, 0.25) is 0 Å². The molecule has 1 aliphatic heterocycles. The number of hydrogen-bond donors (Lipinski definition) is 1. The van der Waals surface area contributed by atoms with Crippen molar-refractivity contribution in [1.82, 2.24) is 0 Å². The largest absolute Gasteiger partial charge is 0.380 e. The van der Waals surface area contributed by atoms with Crippen molar-refractivity contribution in [1.29, 1.82) is 0 Å². The maximum absolute atomic E-state index is 5.17. The zero-order valence-electron chi connectivity index (χ0n) is 11.3. The number of nitrogens with one attached hydrogen (secondary N) is 1. The molecule has 4 heteroatoms. The van der Waals surface area contributed by atoms with Gasteiger partial charge >= 0.3 is 0 Å².